The minimum Gasteiger partial charge on any atom is -0.352 e. The lowest BCUT2D eigenvalue weighted by Crippen LogP contribution is -2.40. The zero-order valence-electron chi connectivity index (χ0n) is 12.6. The van der Waals surface area contributed by atoms with Crippen molar-refractivity contribution in [3.63, 3.8) is 0 Å². The average molecular weight is 277 g/mol. The Morgan fingerprint density at radius 2 is 1.75 bits per heavy atom. The smallest absolute Gasteiger partial charge is 0.253 e. The van der Waals surface area contributed by atoms with Crippen molar-refractivity contribution >= 4 is 11.8 Å². The van der Waals surface area contributed by atoms with Crippen molar-refractivity contribution in [2.24, 2.45) is 0 Å². The number of carbonyl (C=O) groups excluding carboxylic acids is 2. The summed E-state index contributed by atoms with van der Waals surface area (Å²) in [7, 11) is 0. The number of pyridine rings is 1. The summed E-state index contributed by atoms with van der Waals surface area (Å²) in [5, 5.41) is 5.65. The second kappa shape index (κ2) is 7.03. The van der Waals surface area contributed by atoms with Gasteiger partial charge in [-0.1, -0.05) is 13.3 Å². The fourth-order valence-corrected chi connectivity index (χ4v) is 1.58. The molecule has 0 aliphatic heterocycles. The summed E-state index contributed by atoms with van der Waals surface area (Å²) in [6, 6.07) is 1.56. The molecule has 0 bridgehead atoms. The summed E-state index contributed by atoms with van der Waals surface area (Å²) >= 11 is 0. The highest BCUT2D eigenvalue weighted by Crippen LogP contribution is 2.06. The number of hydrogen-bond donors (Lipinski definition) is 2. The number of nitrogens with one attached hydrogen (secondary N) is 2. The quantitative estimate of drug-likeness (QED) is 0.810. The molecule has 1 rings (SSSR count). The monoisotopic (exact) mass is 277 g/mol. The van der Waals surface area contributed by atoms with Gasteiger partial charge in [-0.25, -0.2) is 0 Å². The van der Waals surface area contributed by atoms with E-state index in [0.717, 1.165) is 12.8 Å². The van der Waals surface area contributed by atoms with E-state index < -0.39 is 0 Å². The van der Waals surface area contributed by atoms with E-state index in [1.54, 1.807) is 6.07 Å². The first kappa shape index (κ1) is 16.1. The maximum atomic E-state index is 12.0. The zero-order chi connectivity index (χ0) is 15.2. The van der Waals surface area contributed by atoms with Gasteiger partial charge < -0.3 is 10.6 Å². The highest BCUT2D eigenvalue weighted by atomic mass is 16.2. The predicted octanol–water partition coefficient (Wildman–Crippen LogP) is 2.14. The van der Waals surface area contributed by atoms with Crippen LogP contribution in [0.1, 0.15) is 61.3 Å². The van der Waals surface area contributed by atoms with E-state index in [4.69, 9.17) is 0 Å². The Kier molecular flexibility index (Phi) is 5.67. The summed E-state index contributed by atoms with van der Waals surface area (Å²) in [5.41, 5.74) is 0.474. The van der Waals surface area contributed by atoms with Crippen LogP contribution >= 0.6 is 0 Å². The Hall–Kier alpha value is -1.91. The van der Waals surface area contributed by atoms with Gasteiger partial charge in [-0.3, -0.25) is 14.6 Å². The second-order valence-electron chi connectivity index (χ2n) is 5.78. The molecule has 0 aliphatic carbocycles. The van der Waals surface area contributed by atoms with Crippen LogP contribution in [0.2, 0.25) is 0 Å². The predicted molar refractivity (Wildman–Crippen MR) is 78.7 cm³/mol. The van der Waals surface area contributed by atoms with E-state index in [2.05, 4.69) is 22.5 Å². The van der Waals surface area contributed by atoms with Crippen LogP contribution in [-0.2, 0) is 0 Å². The molecule has 110 valence electrons. The van der Waals surface area contributed by atoms with E-state index in [-0.39, 0.29) is 17.4 Å². The van der Waals surface area contributed by atoms with E-state index in [9.17, 15) is 9.59 Å². The van der Waals surface area contributed by atoms with Crippen molar-refractivity contribution in [3.05, 3.63) is 29.6 Å². The highest BCUT2D eigenvalue weighted by molar-refractivity contribution is 5.99. The van der Waals surface area contributed by atoms with Gasteiger partial charge in [0.15, 0.2) is 0 Å². The van der Waals surface area contributed by atoms with Crippen LogP contribution in [0.4, 0.5) is 0 Å². The summed E-state index contributed by atoms with van der Waals surface area (Å²) in [4.78, 5) is 27.9. The van der Waals surface area contributed by atoms with Crippen LogP contribution in [0.3, 0.4) is 0 Å². The van der Waals surface area contributed by atoms with Crippen molar-refractivity contribution in [2.75, 3.05) is 6.54 Å². The molecule has 0 radical (unpaired) electrons. The van der Waals surface area contributed by atoms with Crippen LogP contribution in [0.5, 0.6) is 0 Å². The largest absolute Gasteiger partial charge is 0.352 e. The Morgan fingerprint density at radius 3 is 2.30 bits per heavy atom. The first-order valence-corrected chi connectivity index (χ1v) is 6.89. The molecule has 0 aromatic carbocycles. The molecule has 0 saturated heterocycles. The SMILES string of the molecule is CCCCNC(=O)c1cncc(C(=O)NC(C)(C)C)c1. The Balaban J connectivity index is 2.75. The Morgan fingerprint density at radius 1 is 1.15 bits per heavy atom. The lowest BCUT2D eigenvalue weighted by atomic mass is 10.1. The van der Waals surface area contributed by atoms with Gasteiger partial charge in [-0.2, -0.15) is 0 Å². The molecule has 2 N–H and O–H groups in total. The lowest BCUT2D eigenvalue weighted by molar-refractivity contribution is 0.0919. The molecule has 1 aromatic heterocycles. The molecular weight excluding hydrogens is 254 g/mol. The Labute approximate surface area is 120 Å². The number of aromatic nitrogens is 1. The van der Waals surface area contributed by atoms with Crippen molar-refractivity contribution < 1.29 is 9.59 Å². The van der Waals surface area contributed by atoms with Crippen LogP contribution in [0, 0.1) is 0 Å². The number of unbranched alkanes of at least 4 members (excludes halogenated alkanes) is 1. The molecular formula is C15H23N3O2. The zero-order valence-corrected chi connectivity index (χ0v) is 12.6. The van der Waals surface area contributed by atoms with Gasteiger partial charge in [0.1, 0.15) is 0 Å². The van der Waals surface area contributed by atoms with Crippen molar-refractivity contribution in [1.82, 2.24) is 15.6 Å². The topological polar surface area (TPSA) is 71.1 Å². The molecule has 1 heterocycles. The van der Waals surface area contributed by atoms with Crippen LogP contribution in [-0.4, -0.2) is 28.9 Å². The van der Waals surface area contributed by atoms with Gasteiger partial charge in [-0.05, 0) is 33.3 Å². The minimum absolute atomic E-state index is 0.198. The molecule has 2 amide bonds. The fraction of sp³-hybridized carbons (Fsp3) is 0.533. The number of hydrogen-bond acceptors (Lipinski definition) is 3. The molecule has 1 aromatic rings. The van der Waals surface area contributed by atoms with Crippen LogP contribution in [0.25, 0.3) is 0 Å². The molecule has 0 saturated carbocycles. The molecule has 5 heteroatoms. The summed E-state index contributed by atoms with van der Waals surface area (Å²) in [6.07, 6.45) is 4.88. The van der Waals surface area contributed by atoms with Gasteiger partial charge in [0.05, 0.1) is 11.1 Å². The first-order valence-electron chi connectivity index (χ1n) is 6.89. The van der Waals surface area contributed by atoms with Crippen molar-refractivity contribution in [3.8, 4) is 0 Å². The third-order valence-electron chi connectivity index (χ3n) is 2.57. The fourth-order valence-electron chi connectivity index (χ4n) is 1.58. The van der Waals surface area contributed by atoms with E-state index >= 15 is 0 Å². The van der Waals surface area contributed by atoms with Crippen LogP contribution < -0.4 is 10.6 Å². The summed E-state index contributed by atoms with van der Waals surface area (Å²) < 4.78 is 0. The highest BCUT2D eigenvalue weighted by Gasteiger charge is 2.16. The molecule has 0 atom stereocenters. The third-order valence-corrected chi connectivity index (χ3v) is 2.57. The summed E-state index contributed by atoms with van der Waals surface area (Å²) in [6.45, 7) is 8.40. The van der Waals surface area contributed by atoms with Gasteiger partial charge in [-0.15, -0.1) is 0 Å². The first-order chi connectivity index (χ1) is 9.33. The summed E-state index contributed by atoms with van der Waals surface area (Å²) in [5.74, 6) is -0.426. The minimum atomic E-state index is -0.323. The Bertz CT molecular complexity index is 478. The number of carbonyl (C=O) groups is 2. The van der Waals surface area contributed by atoms with Gasteiger partial charge >= 0.3 is 0 Å². The molecule has 0 fully saturated rings. The molecule has 0 unspecified atom stereocenters. The van der Waals surface area contributed by atoms with Crippen LogP contribution in [0.15, 0.2) is 18.5 Å². The van der Waals surface area contributed by atoms with E-state index in [1.807, 2.05) is 20.8 Å². The number of rotatable bonds is 5. The molecule has 5 nitrogen and oxygen atoms in total. The average Bonchev–Trinajstić information content (AvgIpc) is 2.37. The van der Waals surface area contributed by atoms with Crippen molar-refractivity contribution in [1.29, 1.82) is 0 Å². The van der Waals surface area contributed by atoms with E-state index in [1.165, 1.54) is 12.4 Å². The van der Waals surface area contributed by atoms with Crippen molar-refractivity contribution in [2.45, 2.75) is 46.1 Å². The van der Waals surface area contributed by atoms with E-state index in [0.29, 0.717) is 17.7 Å². The molecule has 20 heavy (non-hydrogen) atoms. The third kappa shape index (κ3) is 5.38. The van der Waals surface area contributed by atoms with Gasteiger partial charge in [0.2, 0.25) is 0 Å². The molecule has 0 spiro atoms. The number of amides is 2. The maximum Gasteiger partial charge on any atom is 0.253 e. The second-order valence-corrected chi connectivity index (χ2v) is 5.78. The molecule has 0 aliphatic rings. The standard InChI is InChI=1S/C15H23N3O2/c1-5-6-7-17-13(19)11-8-12(10-16-9-11)14(20)18-15(2,3)4/h8-10H,5-7H2,1-4H3,(H,17,19)(H,18,20). The normalized spacial score (nSPS) is 11.0. The maximum absolute atomic E-state index is 12.0. The van der Waals surface area contributed by atoms with Gasteiger partial charge in [0.25, 0.3) is 11.8 Å². The lowest BCUT2D eigenvalue weighted by Gasteiger charge is -2.20. The number of nitrogens with zero attached hydrogens (tertiary/aromatic N) is 1. The van der Waals surface area contributed by atoms with Gasteiger partial charge in [0, 0.05) is 24.5 Å².